The summed E-state index contributed by atoms with van der Waals surface area (Å²) in [5.74, 6) is 0.598. The monoisotopic (exact) mass is 383 g/mol. The van der Waals surface area contributed by atoms with E-state index in [9.17, 15) is 19.4 Å². The van der Waals surface area contributed by atoms with Crippen molar-refractivity contribution in [3.8, 4) is 5.75 Å². The third-order valence-electron chi connectivity index (χ3n) is 6.47. The molecule has 2 N–H and O–H groups in total. The molecular weight excluding hydrogens is 357 g/mol. The Bertz CT molecular complexity index is 835. The second-order valence-electron chi connectivity index (χ2n) is 8.26. The standard InChI is InChI=1S/C23H26FNO3/c1-2-21(22(27)15-3-9-20(26)10-4-15)25-13-16-11-23(28,12-17(16)14-25)18-5-7-19(24)8-6-18/h3-10,16-17,21,26,28H,2,11-14H2,1H3/t16-,17+,21?,23?. The quantitative estimate of drug-likeness (QED) is 0.773. The number of phenolic OH excluding ortho intramolecular Hbond substituents is 1. The van der Waals surface area contributed by atoms with Gasteiger partial charge < -0.3 is 10.2 Å². The average molecular weight is 383 g/mol. The number of aromatic hydroxyl groups is 1. The molecule has 2 aromatic carbocycles. The van der Waals surface area contributed by atoms with Gasteiger partial charge in [-0.3, -0.25) is 9.69 Å². The third-order valence-corrected chi connectivity index (χ3v) is 6.47. The summed E-state index contributed by atoms with van der Waals surface area (Å²) in [5, 5.41) is 20.6. The van der Waals surface area contributed by atoms with Gasteiger partial charge in [-0.25, -0.2) is 4.39 Å². The maximum absolute atomic E-state index is 13.2. The minimum atomic E-state index is -0.905. The van der Waals surface area contributed by atoms with Crippen LogP contribution in [0.5, 0.6) is 5.75 Å². The molecule has 4 rings (SSSR count). The van der Waals surface area contributed by atoms with E-state index in [1.54, 1.807) is 36.4 Å². The van der Waals surface area contributed by atoms with Gasteiger partial charge in [0.1, 0.15) is 11.6 Å². The molecule has 0 radical (unpaired) electrons. The molecule has 1 saturated carbocycles. The molecule has 2 fully saturated rings. The normalized spacial score (nSPS) is 28.2. The Morgan fingerprint density at radius 3 is 2.21 bits per heavy atom. The summed E-state index contributed by atoms with van der Waals surface area (Å²) in [6.45, 7) is 3.60. The number of aliphatic hydroxyl groups is 1. The lowest BCUT2D eigenvalue weighted by Gasteiger charge is -2.30. The number of carbonyl (C=O) groups is 1. The second kappa shape index (κ2) is 7.30. The number of hydrogen-bond acceptors (Lipinski definition) is 4. The molecule has 4 nitrogen and oxygen atoms in total. The smallest absolute Gasteiger partial charge is 0.179 e. The first-order chi connectivity index (χ1) is 13.4. The molecule has 148 valence electrons. The van der Waals surface area contributed by atoms with E-state index in [1.807, 2.05) is 6.92 Å². The van der Waals surface area contributed by atoms with Gasteiger partial charge in [0.2, 0.25) is 0 Å². The molecule has 0 spiro atoms. The highest BCUT2D eigenvalue weighted by molar-refractivity contribution is 6.00. The van der Waals surface area contributed by atoms with Crippen molar-refractivity contribution < 1.29 is 19.4 Å². The molecule has 2 aromatic rings. The first-order valence-electron chi connectivity index (χ1n) is 9.95. The van der Waals surface area contributed by atoms with E-state index in [4.69, 9.17) is 0 Å². The van der Waals surface area contributed by atoms with E-state index in [0.29, 0.717) is 30.2 Å². The summed E-state index contributed by atoms with van der Waals surface area (Å²) in [6, 6.07) is 12.4. The number of ketones is 1. The van der Waals surface area contributed by atoms with Crippen molar-refractivity contribution in [3.63, 3.8) is 0 Å². The van der Waals surface area contributed by atoms with Gasteiger partial charge in [-0.1, -0.05) is 19.1 Å². The molecule has 1 heterocycles. The van der Waals surface area contributed by atoms with Crippen LogP contribution < -0.4 is 0 Å². The number of rotatable bonds is 5. The van der Waals surface area contributed by atoms with Crippen molar-refractivity contribution >= 4 is 5.78 Å². The summed E-state index contributed by atoms with van der Waals surface area (Å²) in [7, 11) is 0. The molecule has 2 unspecified atom stereocenters. The molecule has 1 aliphatic carbocycles. The van der Waals surface area contributed by atoms with Crippen LogP contribution in [-0.2, 0) is 5.60 Å². The lowest BCUT2D eigenvalue weighted by atomic mass is 9.90. The van der Waals surface area contributed by atoms with Gasteiger partial charge in [-0.15, -0.1) is 0 Å². The Hall–Kier alpha value is -2.24. The summed E-state index contributed by atoms with van der Waals surface area (Å²) >= 11 is 0. The predicted molar refractivity (Wildman–Crippen MR) is 105 cm³/mol. The maximum atomic E-state index is 13.2. The molecule has 0 aromatic heterocycles. The predicted octanol–water partition coefficient (Wildman–Crippen LogP) is 3.72. The summed E-state index contributed by atoms with van der Waals surface area (Å²) < 4.78 is 13.2. The molecule has 0 amide bonds. The lowest BCUT2D eigenvalue weighted by Crippen LogP contribution is -2.40. The number of fused-ring (bicyclic) bond motifs is 1. The number of hydrogen-bond donors (Lipinski definition) is 2. The van der Waals surface area contributed by atoms with Crippen molar-refractivity contribution in [2.45, 2.75) is 37.8 Å². The van der Waals surface area contributed by atoms with Gasteiger partial charge in [-0.05, 0) is 73.1 Å². The molecule has 4 atom stereocenters. The molecule has 0 bridgehead atoms. The highest BCUT2D eigenvalue weighted by atomic mass is 19.1. The van der Waals surface area contributed by atoms with E-state index in [2.05, 4.69) is 4.90 Å². The zero-order chi connectivity index (χ0) is 19.9. The van der Waals surface area contributed by atoms with Gasteiger partial charge >= 0.3 is 0 Å². The van der Waals surface area contributed by atoms with Crippen LogP contribution in [0.1, 0.15) is 42.1 Å². The van der Waals surface area contributed by atoms with Crippen LogP contribution in [0.2, 0.25) is 0 Å². The molecule has 2 aliphatic rings. The van der Waals surface area contributed by atoms with Crippen LogP contribution in [0, 0.1) is 17.7 Å². The molecule has 1 saturated heterocycles. The van der Waals surface area contributed by atoms with Gasteiger partial charge in [0.15, 0.2) is 5.78 Å². The van der Waals surface area contributed by atoms with Crippen LogP contribution in [0.4, 0.5) is 4.39 Å². The lowest BCUT2D eigenvalue weighted by molar-refractivity contribution is 0.0292. The van der Waals surface area contributed by atoms with Crippen molar-refractivity contribution in [1.82, 2.24) is 4.90 Å². The first-order valence-corrected chi connectivity index (χ1v) is 9.95. The third kappa shape index (κ3) is 3.45. The Balaban J connectivity index is 1.45. The SMILES string of the molecule is CCC(C(=O)c1ccc(O)cc1)N1C[C@@H]2CC(O)(c3ccc(F)cc3)C[C@@H]2C1. The number of nitrogens with zero attached hydrogens (tertiary/aromatic N) is 1. The van der Waals surface area contributed by atoms with Crippen LogP contribution in [0.15, 0.2) is 48.5 Å². The number of carbonyl (C=O) groups excluding carboxylic acids is 1. The largest absolute Gasteiger partial charge is 0.508 e. The van der Waals surface area contributed by atoms with E-state index >= 15 is 0 Å². The van der Waals surface area contributed by atoms with E-state index in [-0.39, 0.29) is 23.4 Å². The minimum Gasteiger partial charge on any atom is -0.508 e. The number of benzene rings is 2. The Morgan fingerprint density at radius 2 is 1.68 bits per heavy atom. The fourth-order valence-corrected chi connectivity index (χ4v) is 5.07. The highest BCUT2D eigenvalue weighted by Gasteiger charge is 2.50. The van der Waals surface area contributed by atoms with Crippen LogP contribution >= 0.6 is 0 Å². The Kier molecular flexibility index (Phi) is 4.98. The van der Waals surface area contributed by atoms with Crippen LogP contribution in [0.25, 0.3) is 0 Å². The van der Waals surface area contributed by atoms with Crippen molar-refractivity contribution in [3.05, 3.63) is 65.5 Å². The van der Waals surface area contributed by atoms with E-state index < -0.39 is 5.60 Å². The zero-order valence-electron chi connectivity index (χ0n) is 16.0. The first kappa shape index (κ1) is 19.1. The van der Waals surface area contributed by atoms with Gasteiger partial charge in [-0.2, -0.15) is 0 Å². The molecule has 28 heavy (non-hydrogen) atoms. The molecule has 1 aliphatic heterocycles. The Labute approximate surface area is 164 Å². The molecular formula is C23H26FNO3. The summed E-state index contributed by atoms with van der Waals surface area (Å²) in [5.41, 5.74) is 0.490. The second-order valence-corrected chi connectivity index (χ2v) is 8.26. The van der Waals surface area contributed by atoms with Crippen LogP contribution in [0.3, 0.4) is 0 Å². The van der Waals surface area contributed by atoms with Crippen LogP contribution in [-0.4, -0.2) is 40.0 Å². The van der Waals surface area contributed by atoms with Crippen molar-refractivity contribution in [2.24, 2.45) is 11.8 Å². The minimum absolute atomic E-state index is 0.0799. The van der Waals surface area contributed by atoms with Gasteiger partial charge in [0, 0.05) is 18.7 Å². The fraction of sp³-hybridized carbons (Fsp3) is 0.435. The van der Waals surface area contributed by atoms with Crippen molar-refractivity contribution in [1.29, 1.82) is 0 Å². The van der Waals surface area contributed by atoms with Gasteiger partial charge in [0.05, 0.1) is 11.6 Å². The number of halogens is 1. The maximum Gasteiger partial charge on any atom is 0.179 e. The summed E-state index contributed by atoms with van der Waals surface area (Å²) in [6.07, 6.45) is 2.01. The topological polar surface area (TPSA) is 60.8 Å². The molecule has 5 heteroatoms. The number of likely N-dealkylation sites (tertiary alicyclic amines) is 1. The summed E-state index contributed by atoms with van der Waals surface area (Å²) in [4.78, 5) is 15.2. The number of Topliss-reactive ketones (excluding diaryl/α,β-unsaturated/α-hetero) is 1. The van der Waals surface area contributed by atoms with Gasteiger partial charge in [0.25, 0.3) is 0 Å². The highest BCUT2D eigenvalue weighted by Crippen LogP contribution is 2.49. The van der Waals surface area contributed by atoms with E-state index in [0.717, 1.165) is 25.1 Å². The van der Waals surface area contributed by atoms with Crippen molar-refractivity contribution in [2.75, 3.05) is 13.1 Å². The zero-order valence-corrected chi connectivity index (χ0v) is 16.0. The number of phenols is 1. The van der Waals surface area contributed by atoms with E-state index in [1.165, 1.54) is 12.1 Å². The fourth-order valence-electron chi connectivity index (χ4n) is 5.07. The average Bonchev–Trinajstić information content (AvgIpc) is 3.19. The Morgan fingerprint density at radius 1 is 1.11 bits per heavy atom.